The number of hydrogen-bond acceptors (Lipinski definition) is 3. The molecule has 56 heavy (non-hydrogen) atoms. The maximum atomic E-state index is 5.48. The fourth-order valence-electron chi connectivity index (χ4n) is 9.04. The normalized spacial score (nSPS) is 11.9. The number of nitrogens with zero attached hydrogens (tertiary/aromatic N) is 3. The molecular weight excluding hydrogens is 679 g/mol. The third-order valence-corrected chi connectivity index (χ3v) is 11.7. The minimum Gasteiger partial charge on any atom is -0.254 e. The molecule has 0 amide bonds. The SMILES string of the molecule is c1cnc2c(c1)ccc1c(-c3ccc4c(ccc5ccc(-c6ccc(-c7nc8c9ccccc9c9ccccc9c8c8ccccc78)cc6)cc54)c3)ccnc12. The zero-order chi connectivity index (χ0) is 36.7. The molecule has 3 heteroatoms. The summed E-state index contributed by atoms with van der Waals surface area (Å²) in [5.41, 5.74) is 9.72. The number of rotatable bonds is 3. The first-order chi connectivity index (χ1) is 27.8. The lowest BCUT2D eigenvalue weighted by Gasteiger charge is -2.15. The molecule has 0 atom stereocenters. The van der Waals surface area contributed by atoms with E-state index in [-0.39, 0.29) is 0 Å². The third-order valence-electron chi connectivity index (χ3n) is 11.7. The largest absolute Gasteiger partial charge is 0.254 e. The minimum atomic E-state index is 0.932. The molecule has 0 aliphatic rings. The summed E-state index contributed by atoms with van der Waals surface area (Å²) in [5, 5.41) is 15.6. The second kappa shape index (κ2) is 12.0. The first-order valence-corrected chi connectivity index (χ1v) is 19.1. The van der Waals surface area contributed by atoms with Gasteiger partial charge in [-0.25, -0.2) is 4.98 Å². The first-order valence-electron chi connectivity index (χ1n) is 19.1. The van der Waals surface area contributed by atoms with Crippen molar-refractivity contribution in [2.75, 3.05) is 0 Å². The van der Waals surface area contributed by atoms with Crippen LogP contribution < -0.4 is 0 Å². The van der Waals surface area contributed by atoms with Crippen LogP contribution in [0.4, 0.5) is 0 Å². The molecule has 3 nitrogen and oxygen atoms in total. The molecule has 0 radical (unpaired) electrons. The Morgan fingerprint density at radius 1 is 0.286 bits per heavy atom. The van der Waals surface area contributed by atoms with Crippen molar-refractivity contribution < 1.29 is 0 Å². The smallest absolute Gasteiger partial charge is 0.0970 e. The van der Waals surface area contributed by atoms with Gasteiger partial charge in [-0.2, -0.15) is 0 Å². The summed E-state index contributed by atoms with van der Waals surface area (Å²) >= 11 is 0. The number of pyridine rings is 3. The summed E-state index contributed by atoms with van der Waals surface area (Å²) in [5.74, 6) is 0. The van der Waals surface area contributed by atoms with E-state index in [4.69, 9.17) is 9.97 Å². The Morgan fingerprint density at radius 3 is 1.73 bits per heavy atom. The molecule has 12 rings (SSSR count). The molecule has 3 aromatic heterocycles. The van der Waals surface area contributed by atoms with Crippen molar-refractivity contribution in [1.82, 2.24) is 15.0 Å². The van der Waals surface area contributed by atoms with Gasteiger partial charge in [0.2, 0.25) is 0 Å². The van der Waals surface area contributed by atoms with Crippen molar-refractivity contribution in [1.29, 1.82) is 0 Å². The van der Waals surface area contributed by atoms with Crippen LogP contribution in [-0.2, 0) is 0 Å². The van der Waals surface area contributed by atoms with Gasteiger partial charge in [0.15, 0.2) is 0 Å². The average molecular weight is 710 g/mol. The van der Waals surface area contributed by atoms with E-state index in [1.165, 1.54) is 70.6 Å². The minimum absolute atomic E-state index is 0.932. The summed E-state index contributed by atoms with van der Waals surface area (Å²) in [4.78, 5) is 14.9. The van der Waals surface area contributed by atoms with E-state index in [0.717, 1.165) is 49.5 Å². The predicted molar refractivity (Wildman–Crippen MR) is 236 cm³/mol. The van der Waals surface area contributed by atoms with Crippen molar-refractivity contribution in [3.05, 3.63) is 188 Å². The molecule has 0 unspecified atom stereocenters. The molecule has 0 aliphatic heterocycles. The quantitative estimate of drug-likeness (QED) is 0.171. The molecule has 9 aromatic carbocycles. The summed E-state index contributed by atoms with van der Waals surface area (Å²) in [6, 6.07) is 63.7. The highest BCUT2D eigenvalue weighted by atomic mass is 14.7. The Morgan fingerprint density at radius 2 is 0.893 bits per heavy atom. The standard InChI is InChI=1S/C53H31N3/c1-3-11-43-41(9-1)42-10-2-5-13-45(42)52-49(43)44-12-4-6-14-46(44)50(56-52)35-19-15-32(16-20-35)36-21-17-33-18-22-37-30-38(24-25-39(37)48(33)31-36)40-27-29-55-53-47(40)26-23-34-8-7-28-54-51(34)53/h1-31H. The summed E-state index contributed by atoms with van der Waals surface area (Å²) < 4.78 is 0. The van der Waals surface area contributed by atoms with Crippen molar-refractivity contribution in [2.45, 2.75) is 0 Å². The summed E-state index contributed by atoms with van der Waals surface area (Å²) in [6.45, 7) is 0. The summed E-state index contributed by atoms with van der Waals surface area (Å²) in [6.07, 6.45) is 3.74. The highest BCUT2D eigenvalue weighted by Gasteiger charge is 2.17. The van der Waals surface area contributed by atoms with Gasteiger partial charge in [0.1, 0.15) is 0 Å². The van der Waals surface area contributed by atoms with Crippen molar-refractivity contribution in [3.8, 4) is 33.5 Å². The van der Waals surface area contributed by atoms with Crippen LogP contribution in [0.25, 0.3) is 120 Å². The third kappa shape index (κ3) is 4.61. The lowest BCUT2D eigenvalue weighted by atomic mass is 9.92. The zero-order valence-corrected chi connectivity index (χ0v) is 30.2. The number of hydrogen-bond donors (Lipinski definition) is 0. The molecule has 3 heterocycles. The van der Waals surface area contributed by atoms with Crippen molar-refractivity contribution in [2.24, 2.45) is 0 Å². The highest BCUT2D eigenvalue weighted by molar-refractivity contribution is 6.31. The van der Waals surface area contributed by atoms with E-state index in [1.807, 2.05) is 18.5 Å². The Labute approximate surface area is 322 Å². The van der Waals surface area contributed by atoms with E-state index >= 15 is 0 Å². The molecule has 0 saturated carbocycles. The molecule has 0 saturated heterocycles. The van der Waals surface area contributed by atoms with Gasteiger partial charge in [0, 0.05) is 44.9 Å². The van der Waals surface area contributed by atoms with Crippen LogP contribution in [0.2, 0.25) is 0 Å². The predicted octanol–water partition coefficient (Wildman–Crippen LogP) is 14.1. The van der Waals surface area contributed by atoms with Gasteiger partial charge in [0.25, 0.3) is 0 Å². The second-order valence-electron chi connectivity index (χ2n) is 14.7. The molecule has 0 fully saturated rings. The van der Waals surface area contributed by atoms with E-state index in [2.05, 4.69) is 175 Å². The van der Waals surface area contributed by atoms with Crippen LogP contribution in [0.15, 0.2) is 188 Å². The molecule has 12 aromatic rings. The fraction of sp³-hybridized carbons (Fsp3) is 0. The van der Waals surface area contributed by atoms with Gasteiger partial charge in [-0.1, -0.05) is 152 Å². The Balaban J connectivity index is 0.962. The van der Waals surface area contributed by atoms with E-state index in [1.54, 1.807) is 0 Å². The van der Waals surface area contributed by atoms with Crippen LogP contribution in [-0.4, -0.2) is 15.0 Å². The van der Waals surface area contributed by atoms with Gasteiger partial charge in [-0.15, -0.1) is 0 Å². The number of aromatic nitrogens is 3. The van der Waals surface area contributed by atoms with E-state index in [0.29, 0.717) is 0 Å². The Bertz CT molecular complexity index is 3590. The molecule has 0 N–H and O–H groups in total. The van der Waals surface area contributed by atoms with Gasteiger partial charge in [0.05, 0.1) is 22.2 Å². The maximum absolute atomic E-state index is 5.48. The first kappa shape index (κ1) is 30.9. The number of benzene rings is 9. The van der Waals surface area contributed by atoms with E-state index in [9.17, 15) is 0 Å². The van der Waals surface area contributed by atoms with Crippen molar-refractivity contribution in [3.63, 3.8) is 0 Å². The van der Waals surface area contributed by atoms with Gasteiger partial charge < -0.3 is 0 Å². The average Bonchev–Trinajstić information content (AvgIpc) is 3.28. The van der Waals surface area contributed by atoms with Crippen LogP contribution in [0.3, 0.4) is 0 Å². The monoisotopic (exact) mass is 709 g/mol. The molecule has 0 bridgehead atoms. The molecule has 258 valence electrons. The maximum Gasteiger partial charge on any atom is 0.0970 e. The van der Waals surface area contributed by atoms with Crippen LogP contribution in [0, 0.1) is 0 Å². The van der Waals surface area contributed by atoms with Crippen LogP contribution >= 0.6 is 0 Å². The lowest BCUT2D eigenvalue weighted by Crippen LogP contribution is -1.92. The highest BCUT2D eigenvalue weighted by Crippen LogP contribution is 2.41. The van der Waals surface area contributed by atoms with E-state index < -0.39 is 0 Å². The fourth-order valence-corrected chi connectivity index (χ4v) is 9.04. The summed E-state index contributed by atoms with van der Waals surface area (Å²) in [7, 11) is 0. The van der Waals surface area contributed by atoms with Crippen molar-refractivity contribution >= 4 is 86.6 Å². The lowest BCUT2D eigenvalue weighted by molar-refractivity contribution is 1.37. The molecule has 0 aliphatic carbocycles. The molecular formula is C53H31N3. The van der Waals surface area contributed by atoms with Crippen LogP contribution in [0.1, 0.15) is 0 Å². The Hall–Kier alpha value is -7.49. The second-order valence-corrected chi connectivity index (χ2v) is 14.7. The van der Waals surface area contributed by atoms with Gasteiger partial charge in [-0.05, 0) is 89.6 Å². The molecule has 0 spiro atoms. The topological polar surface area (TPSA) is 38.7 Å². The van der Waals surface area contributed by atoms with Gasteiger partial charge >= 0.3 is 0 Å². The zero-order valence-electron chi connectivity index (χ0n) is 30.2. The van der Waals surface area contributed by atoms with Crippen LogP contribution in [0.5, 0.6) is 0 Å². The van der Waals surface area contributed by atoms with Gasteiger partial charge in [-0.3, -0.25) is 9.97 Å². The Kier molecular flexibility index (Phi) is 6.63. The number of fused-ring (bicyclic) bond motifs is 14.